The van der Waals surface area contributed by atoms with Gasteiger partial charge < -0.3 is 9.73 Å². The van der Waals surface area contributed by atoms with Gasteiger partial charge in [0.15, 0.2) is 0 Å². The van der Waals surface area contributed by atoms with E-state index in [-0.39, 0.29) is 6.04 Å². The van der Waals surface area contributed by atoms with E-state index in [9.17, 15) is 0 Å². The van der Waals surface area contributed by atoms with Gasteiger partial charge in [-0.1, -0.05) is 0 Å². The summed E-state index contributed by atoms with van der Waals surface area (Å²) in [5, 5.41) is 3.21. The molecule has 0 amide bonds. The van der Waals surface area contributed by atoms with Crippen molar-refractivity contribution in [3.8, 4) is 0 Å². The maximum Gasteiger partial charge on any atom is 0.0935 e. The Hall–Kier alpha value is -1.68. The summed E-state index contributed by atoms with van der Waals surface area (Å²) in [5.41, 5.74) is 2.10. The molecule has 2 aromatic heterocycles. The van der Waals surface area contributed by atoms with E-state index in [0.717, 1.165) is 17.7 Å². The van der Waals surface area contributed by atoms with Crippen LogP contribution in [0.2, 0.25) is 0 Å². The summed E-state index contributed by atoms with van der Waals surface area (Å²) in [4.78, 5) is 8.33. The molecule has 2 heterocycles. The molecule has 0 fully saturated rings. The SMILES string of the molecule is CNC(Cc1ccoc1)c1cnccn1. The van der Waals surface area contributed by atoms with Crippen molar-refractivity contribution >= 4 is 0 Å². The smallest absolute Gasteiger partial charge is 0.0935 e. The van der Waals surface area contributed by atoms with E-state index < -0.39 is 0 Å². The monoisotopic (exact) mass is 203 g/mol. The lowest BCUT2D eigenvalue weighted by molar-refractivity contribution is 0.546. The van der Waals surface area contributed by atoms with Gasteiger partial charge in [0.2, 0.25) is 0 Å². The molecule has 1 N–H and O–H groups in total. The van der Waals surface area contributed by atoms with Crippen molar-refractivity contribution in [2.75, 3.05) is 7.05 Å². The second-order valence-corrected chi connectivity index (χ2v) is 3.31. The van der Waals surface area contributed by atoms with E-state index in [0.29, 0.717) is 0 Å². The predicted octanol–water partition coefficient (Wildman–Crippen LogP) is 1.57. The first-order valence-electron chi connectivity index (χ1n) is 4.84. The van der Waals surface area contributed by atoms with E-state index in [2.05, 4.69) is 15.3 Å². The number of nitrogens with one attached hydrogen (secondary N) is 1. The van der Waals surface area contributed by atoms with Crippen LogP contribution in [0.15, 0.2) is 41.6 Å². The molecular weight excluding hydrogens is 190 g/mol. The van der Waals surface area contributed by atoms with Crippen molar-refractivity contribution in [2.45, 2.75) is 12.5 Å². The van der Waals surface area contributed by atoms with Crippen molar-refractivity contribution in [1.29, 1.82) is 0 Å². The molecule has 0 aliphatic heterocycles. The van der Waals surface area contributed by atoms with E-state index in [1.807, 2.05) is 13.1 Å². The Kier molecular flexibility index (Phi) is 3.09. The van der Waals surface area contributed by atoms with Crippen molar-refractivity contribution < 1.29 is 4.42 Å². The summed E-state index contributed by atoms with van der Waals surface area (Å²) < 4.78 is 5.03. The van der Waals surface area contributed by atoms with Gasteiger partial charge in [-0.05, 0) is 25.1 Å². The quantitative estimate of drug-likeness (QED) is 0.819. The third kappa shape index (κ3) is 2.41. The number of rotatable bonds is 4. The van der Waals surface area contributed by atoms with E-state index in [1.165, 1.54) is 0 Å². The third-order valence-corrected chi connectivity index (χ3v) is 2.31. The van der Waals surface area contributed by atoms with Crippen LogP contribution in [0.3, 0.4) is 0 Å². The zero-order chi connectivity index (χ0) is 10.5. The predicted molar refractivity (Wildman–Crippen MR) is 56.2 cm³/mol. The van der Waals surface area contributed by atoms with Crippen molar-refractivity contribution in [3.63, 3.8) is 0 Å². The highest BCUT2D eigenvalue weighted by molar-refractivity contribution is 5.12. The number of furan rings is 1. The number of aromatic nitrogens is 2. The zero-order valence-corrected chi connectivity index (χ0v) is 8.55. The maximum absolute atomic E-state index is 5.03. The van der Waals surface area contributed by atoms with Crippen molar-refractivity contribution in [1.82, 2.24) is 15.3 Å². The Bertz CT molecular complexity index is 385. The van der Waals surface area contributed by atoms with Gasteiger partial charge in [-0.2, -0.15) is 0 Å². The molecule has 0 bridgehead atoms. The Balaban J connectivity index is 2.12. The molecule has 0 saturated heterocycles. The number of nitrogens with zero attached hydrogens (tertiary/aromatic N) is 2. The summed E-state index contributed by atoms with van der Waals surface area (Å²) >= 11 is 0. The molecule has 15 heavy (non-hydrogen) atoms. The van der Waals surface area contributed by atoms with Gasteiger partial charge in [0, 0.05) is 18.6 Å². The number of hydrogen-bond donors (Lipinski definition) is 1. The largest absolute Gasteiger partial charge is 0.472 e. The molecule has 4 nitrogen and oxygen atoms in total. The number of hydrogen-bond acceptors (Lipinski definition) is 4. The lowest BCUT2D eigenvalue weighted by atomic mass is 10.1. The number of likely N-dealkylation sites (N-methyl/N-ethyl adjacent to an activating group) is 1. The molecule has 2 aromatic rings. The topological polar surface area (TPSA) is 51.0 Å². The first-order valence-corrected chi connectivity index (χ1v) is 4.84. The van der Waals surface area contributed by atoms with E-state index in [4.69, 9.17) is 4.42 Å². The highest BCUT2D eigenvalue weighted by atomic mass is 16.3. The van der Waals surface area contributed by atoms with Crippen LogP contribution < -0.4 is 5.32 Å². The molecule has 4 heteroatoms. The molecular formula is C11H13N3O. The second kappa shape index (κ2) is 4.70. The van der Waals surface area contributed by atoms with Gasteiger partial charge in [-0.15, -0.1) is 0 Å². The molecule has 1 atom stereocenters. The summed E-state index contributed by atoms with van der Waals surface area (Å²) in [7, 11) is 1.92. The van der Waals surface area contributed by atoms with Gasteiger partial charge in [0.1, 0.15) is 0 Å². The molecule has 0 aliphatic rings. The average Bonchev–Trinajstić information content (AvgIpc) is 2.80. The summed E-state index contributed by atoms with van der Waals surface area (Å²) in [6.45, 7) is 0. The highest BCUT2D eigenvalue weighted by Crippen LogP contribution is 2.15. The van der Waals surface area contributed by atoms with Gasteiger partial charge in [-0.25, -0.2) is 0 Å². The van der Waals surface area contributed by atoms with Gasteiger partial charge in [0.25, 0.3) is 0 Å². The van der Waals surface area contributed by atoms with Crippen molar-refractivity contribution in [3.05, 3.63) is 48.4 Å². The van der Waals surface area contributed by atoms with E-state index in [1.54, 1.807) is 31.1 Å². The molecule has 0 saturated carbocycles. The van der Waals surface area contributed by atoms with Gasteiger partial charge >= 0.3 is 0 Å². The van der Waals surface area contributed by atoms with Crippen LogP contribution in [-0.4, -0.2) is 17.0 Å². The second-order valence-electron chi connectivity index (χ2n) is 3.31. The summed E-state index contributed by atoms with van der Waals surface area (Å²) in [5.74, 6) is 0. The molecule has 78 valence electrons. The molecule has 1 unspecified atom stereocenters. The molecule has 0 spiro atoms. The fourth-order valence-corrected chi connectivity index (χ4v) is 1.49. The zero-order valence-electron chi connectivity index (χ0n) is 8.55. The van der Waals surface area contributed by atoms with Crippen LogP contribution in [0.5, 0.6) is 0 Å². The minimum Gasteiger partial charge on any atom is -0.472 e. The van der Waals surface area contributed by atoms with Crippen LogP contribution in [0, 0.1) is 0 Å². The molecule has 0 aliphatic carbocycles. The Morgan fingerprint density at radius 3 is 3.00 bits per heavy atom. The van der Waals surface area contributed by atoms with Crippen LogP contribution in [0.4, 0.5) is 0 Å². The minimum atomic E-state index is 0.177. The maximum atomic E-state index is 5.03. The Morgan fingerprint density at radius 2 is 2.40 bits per heavy atom. The average molecular weight is 203 g/mol. The first kappa shape index (κ1) is 9.86. The standard InChI is InChI=1S/C11H13N3O/c1-12-10(6-9-2-5-15-8-9)11-7-13-3-4-14-11/h2-5,7-8,10,12H,6H2,1H3. The Labute approximate surface area is 88.4 Å². The molecule has 2 rings (SSSR count). The lowest BCUT2D eigenvalue weighted by Gasteiger charge is -2.13. The van der Waals surface area contributed by atoms with Crippen LogP contribution >= 0.6 is 0 Å². The fraction of sp³-hybridized carbons (Fsp3) is 0.273. The van der Waals surface area contributed by atoms with Crippen LogP contribution in [0.25, 0.3) is 0 Å². The van der Waals surface area contributed by atoms with Crippen LogP contribution in [0.1, 0.15) is 17.3 Å². The molecule has 0 aromatic carbocycles. The fourth-order valence-electron chi connectivity index (χ4n) is 1.49. The summed E-state index contributed by atoms with van der Waals surface area (Å²) in [6.07, 6.45) is 9.44. The van der Waals surface area contributed by atoms with Gasteiger partial charge in [0.05, 0.1) is 24.3 Å². The van der Waals surface area contributed by atoms with Crippen LogP contribution in [-0.2, 0) is 6.42 Å². The normalized spacial score (nSPS) is 12.6. The van der Waals surface area contributed by atoms with E-state index >= 15 is 0 Å². The van der Waals surface area contributed by atoms with Crippen molar-refractivity contribution in [2.24, 2.45) is 0 Å². The lowest BCUT2D eigenvalue weighted by Crippen LogP contribution is -2.19. The first-order chi connectivity index (χ1) is 7.40. The molecule has 0 radical (unpaired) electrons. The Morgan fingerprint density at radius 1 is 1.47 bits per heavy atom. The minimum absolute atomic E-state index is 0.177. The highest BCUT2D eigenvalue weighted by Gasteiger charge is 2.11. The third-order valence-electron chi connectivity index (χ3n) is 2.31. The summed E-state index contributed by atoms with van der Waals surface area (Å²) in [6, 6.07) is 2.14. The van der Waals surface area contributed by atoms with Gasteiger partial charge in [-0.3, -0.25) is 9.97 Å².